The summed E-state index contributed by atoms with van der Waals surface area (Å²) >= 11 is 0. The first-order valence-electron chi connectivity index (χ1n) is 8.84. The van der Waals surface area contributed by atoms with E-state index in [0.717, 1.165) is 38.5 Å². The molecule has 0 heterocycles. The molecule has 23 heavy (non-hydrogen) atoms. The largest absolute Gasteiger partial charge is 0.469 e. The zero-order valence-electron chi connectivity index (χ0n) is 14.5. The lowest BCUT2D eigenvalue weighted by Crippen LogP contribution is -2.59. The van der Waals surface area contributed by atoms with Crippen LogP contribution in [-0.4, -0.2) is 18.9 Å². The number of hydrogen-bond acceptors (Lipinski definition) is 4. The highest BCUT2D eigenvalue weighted by Gasteiger charge is 2.64. The molecular formula is C19H27NO3. The molecule has 0 radical (unpaired) electrons. The average Bonchev–Trinajstić information content (AvgIpc) is 2.53. The second-order valence-corrected chi connectivity index (χ2v) is 8.43. The van der Waals surface area contributed by atoms with Crippen LogP contribution < -0.4 is 0 Å². The van der Waals surface area contributed by atoms with E-state index in [1.807, 2.05) is 6.92 Å². The van der Waals surface area contributed by atoms with Gasteiger partial charge in [-0.25, -0.2) is 0 Å². The van der Waals surface area contributed by atoms with Gasteiger partial charge < -0.3 is 4.74 Å². The highest BCUT2D eigenvalue weighted by Crippen LogP contribution is 2.67. The molecule has 0 aromatic carbocycles. The molecular weight excluding hydrogens is 290 g/mol. The normalized spacial score (nSPS) is 46.3. The number of Topliss-reactive ketones (excluding diaryl/α,β-unsaturated/α-hetero) is 1. The van der Waals surface area contributed by atoms with Gasteiger partial charge in [0.1, 0.15) is 5.78 Å². The predicted molar refractivity (Wildman–Crippen MR) is 85.2 cm³/mol. The molecule has 0 saturated heterocycles. The van der Waals surface area contributed by atoms with Gasteiger partial charge in [0.2, 0.25) is 0 Å². The van der Waals surface area contributed by atoms with Crippen LogP contribution in [0.25, 0.3) is 0 Å². The van der Waals surface area contributed by atoms with E-state index in [0.29, 0.717) is 12.8 Å². The number of carbonyl (C=O) groups is 2. The molecule has 3 rings (SSSR count). The van der Waals surface area contributed by atoms with Crippen molar-refractivity contribution < 1.29 is 14.3 Å². The van der Waals surface area contributed by atoms with Crippen molar-refractivity contribution in [3.8, 4) is 6.07 Å². The number of methoxy groups -OCH3 is 1. The summed E-state index contributed by atoms with van der Waals surface area (Å²) in [5, 5.41) is 9.89. The van der Waals surface area contributed by atoms with Crippen molar-refractivity contribution in [3.05, 3.63) is 0 Å². The van der Waals surface area contributed by atoms with E-state index in [-0.39, 0.29) is 29.0 Å². The maximum Gasteiger partial charge on any atom is 0.311 e. The first kappa shape index (κ1) is 16.5. The molecule has 0 aromatic heterocycles. The first-order chi connectivity index (χ1) is 10.8. The molecule has 0 N–H and O–H groups in total. The molecule has 5 atom stereocenters. The Morgan fingerprint density at radius 1 is 1.22 bits per heavy atom. The number of ketones is 1. The minimum atomic E-state index is -0.505. The number of hydrogen-bond donors (Lipinski definition) is 0. The van der Waals surface area contributed by atoms with E-state index in [4.69, 9.17) is 4.74 Å². The molecule has 0 spiro atoms. The van der Waals surface area contributed by atoms with Gasteiger partial charge in [0, 0.05) is 12.8 Å². The third kappa shape index (κ3) is 2.16. The number of nitrogens with zero attached hydrogens (tertiary/aromatic N) is 1. The van der Waals surface area contributed by atoms with Crippen LogP contribution in [-0.2, 0) is 14.3 Å². The summed E-state index contributed by atoms with van der Waals surface area (Å²) in [6, 6.07) is 2.54. The maximum atomic E-state index is 12.5. The molecule has 0 amide bonds. The third-order valence-corrected chi connectivity index (χ3v) is 7.42. The van der Waals surface area contributed by atoms with Crippen molar-refractivity contribution in [1.29, 1.82) is 5.26 Å². The molecule has 4 nitrogen and oxygen atoms in total. The molecule has 0 bridgehead atoms. The van der Waals surface area contributed by atoms with Gasteiger partial charge >= 0.3 is 5.97 Å². The Labute approximate surface area is 138 Å². The van der Waals surface area contributed by atoms with Crippen LogP contribution in [0.2, 0.25) is 0 Å². The van der Waals surface area contributed by atoms with Crippen molar-refractivity contribution in [3.63, 3.8) is 0 Å². The fourth-order valence-electron chi connectivity index (χ4n) is 6.40. The van der Waals surface area contributed by atoms with Gasteiger partial charge in [0.15, 0.2) is 0 Å². The van der Waals surface area contributed by atoms with Crippen LogP contribution in [0.1, 0.15) is 65.2 Å². The Hall–Kier alpha value is -1.37. The molecule has 3 aliphatic carbocycles. The Balaban J connectivity index is 2.02. The molecule has 4 heteroatoms. The predicted octanol–water partition coefficient (Wildman–Crippen LogP) is 3.65. The van der Waals surface area contributed by atoms with Crippen LogP contribution in [0.5, 0.6) is 0 Å². The smallest absolute Gasteiger partial charge is 0.311 e. The van der Waals surface area contributed by atoms with Gasteiger partial charge in [-0.2, -0.15) is 5.26 Å². The lowest BCUT2D eigenvalue weighted by atomic mass is 9.41. The first-order valence-corrected chi connectivity index (χ1v) is 8.84. The van der Waals surface area contributed by atoms with Crippen LogP contribution in [0.15, 0.2) is 0 Å². The summed E-state index contributed by atoms with van der Waals surface area (Å²) < 4.78 is 5.13. The number of ether oxygens (including phenoxy) is 1. The second kappa shape index (κ2) is 5.33. The van der Waals surface area contributed by atoms with Crippen LogP contribution in [0, 0.1) is 39.4 Å². The lowest BCUT2D eigenvalue weighted by Gasteiger charge is -2.62. The fourth-order valence-corrected chi connectivity index (χ4v) is 6.40. The molecule has 0 aromatic rings. The Kier molecular flexibility index (Phi) is 3.82. The van der Waals surface area contributed by atoms with Crippen molar-refractivity contribution in [2.75, 3.05) is 7.11 Å². The summed E-state index contributed by atoms with van der Waals surface area (Å²) in [6.07, 6.45) is 6.29. The minimum Gasteiger partial charge on any atom is -0.469 e. The summed E-state index contributed by atoms with van der Waals surface area (Å²) in [5.41, 5.74) is -1.00. The van der Waals surface area contributed by atoms with E-state index >= 15 is 0 Å². The minimum absolute atomic E-state index is 0.0458. The maximum absolute atomic E-state index is 12.5. The van der Waals surface area contributed by atoms with E-state index in [1.54, 1.807) is 0 Å². The highest BCUT2D eigenvalue weighted by atomic mass is 16.5. The van der Waals surface area contributed by atoms with Crippen molar-refractivity contribution in [1.82, 2.24) is 0 Å². The molecule has 0 unspecified atom stereocenters. The third-order valence-electron chi connectivity index (χ3n) is 7.42. The lowest BCUT2D eigenvalue weighted by molar-refractivity contribution is -0.180. The molecule has 0 aliphatic heterocycles. The fraction of sp³-hybridized carbons (Fsp3) is 0.842. The molecule has 3 aliphatic rings. The van der Waals surface area contributed by atoms with Gasteiger partial charge in [0.25, 0.3) is 0 Å². The average molecular weight is 317 g/mol. The Morgan fingerprint density at radius 2 is 1.96 bits per heavy atom. The molecule has 126 valence electrons. The number of esters is 1. The van der Waals surface area contributed by atoms with Crippen LogP contribution in [0.3, 0.4) is 0 Å². The summed E-state index contributed by atoms with van der Waals surface area (Å²) in [7, 11) is 1.47. The van der Waals surface area contributed by atoms with Gasteiger partial charge in [-0.1, -0.05) is 13.3 Å². The zero-order chi connectivity index (χ0) is 16.9. The van der Waals surface area contributed by atoms with Gasteiger partial charge in [-0.05, 0) is 56.3 Å². The summed E-state index contributed by atoms with van der Waals surface area (Å²) in [4.78, 5) is 24.5. The van der Waals surface area contributed by atoms with Gasteiger partial charge in [-0.3, -0.25) is 9.59 Å². The summed E-state index contributed by atoms with van der Waals surface area (Å²) in [5.74, 6) is 0.595. The van der Waals surface area contributed by atoms with Gasteiger partial charge in [0.05, 0.1) is 24.0 Å². The Morgan fingerprint density at radius 3 is 2.61 bits per heavy atom. The SMILES string of the molecule is COC(=O)[C@]1(C)CCC[C@]2(C)[C@H]3CCC(=O)C[C@]3(C#N)CC[C@@H]21. The van der Waals surface area contributed by atoms with E-state index < -0.39 is 10.8 Å². The quantitative estimate of drug-likeness (QED) is 0.692. The Bertz CT molecular complexity index is 580. The van der Waals surface area contributed by atoms with Crippen LogP contribution >= 0.6 is 0 Å². The number of fused-ring (bicyclic) bond motifs is 3. The van der Waals surface area contributed by atoms with Crippen molar-refractivity contribution in [2.24, 2.45) is 28.1 Å². The number of nitriles is 1. The monoisotopic (exact) mass is 317 g/mol. The standard InChI is InChI=1S/C19H27NO3/c1-17-8-4-9-18(2,16(22)23-3)14(17)7-10-19(12-20)11-13(21)5-6-15(17)19/h14-15H,4-11H2,1-3H3/t14-,15+,17-,18+,19-/m0/s1. The number of rotatable bonds is 1. The summed E-state index contributed by atoms with van der Waals surface area (Å²) in [6.45, 7) is 4.32. The van der Waals surface area contributed by atoms with Crippen LogP contribution in [0.4, 0.5) is 0 Å². The van der Waals surface area contributed by atoms with Gasteiger partial charge in [-0.15, -0.1) is 0 Å². The highest BCUT2D eigenvalue weighted by molar-refractivity contribution is 5.81. The second-order valence-electron chi connectivity index (χ2n) is 8.43. The van der Waals surface area contributed by atoms with Crippen molar-refractivity contribution >= 4 is 11.8 Å². The van der Waals surface area contributed by atoms with E-state index in [2.05, 4.69) is 13.0 Å². The molecule has 3 fully saturated rings. The number of carbonyl (C=O) groups excluding carboxylic acids is 2. The van der Waals surface area contributed by atoms with Crippen molar-refractivity contribution in [2.45, 2.75) is 65.2 Å². The topological polar surface area (TPSA) is 67.2 Å². The molecule has 3 saturated carbocycles. The zero-order valence-corrected chi connectivity index (χ0v) is 14.5. The van der Waals surface area contributed by atoms with E-state index in [1.165, 1.54) is 7.11 Å². The van der Waals surface area contributed by atoms with E-state index in [9.17, 15) is 14.9 Å².